The largest absolute Gasteiger partial charge is 0.358 e. The van der Waals surface area contributed by atoms with Gasteiger partial charge in [0.1, 0.15) is 5.82 Å². The summed E-state index contributed by atoms with van der Waals surface area (Å²) in [6.07, 6.45) is 2.36. The Balaban J connectivity index is 1.57. The number of nitrogens with one attached hydrogen (secondary N) is 1. The van der Waals surface area contributed by atoms with Crippen molar-refractivity contribution in [3.63, 3.8) is 0 Å². The number of thioether (sulfide) groups is 1. The third-order valence-electron chi connectivity index (χ3n) is 4.25. The van der Waals surface area contributed by atoms with E-state index in [1.165, 1.54) is 24.6 Å². The van der Waals surface area contributed by atoms with E-state index in [1.54, 1.807) is 0 Å². The number of aryl methyl sites for hydroxylation is 2. The lowest BCUT2D eigenvalue weighted by molar-refractivity contribution is 0.102. The molecule has 0 atom stereocenters. The predicted octanol–water partition coefficient (Wildman–Crippen LogP) is 3.69. The zero-order chi connectivity index (χ0) is 16.0. The van der Waals surface area contributed by atoms with Crippen LogP contribution in [-0.4, -0.2) is 31.3 Å². The zero-order valence-corrected chi connectivity index (χ0v) is 14.0. The minimum absolute atomic E-state index is 0.132. The SMILES string of the molecule is Cc1[nH]c2ccccc2c1C(=O)CSc1nnc(C)n1C1CC1. The van der Waals surface area contributed by atoms with Crippen LogP contribution >= 0.6 is 11.8 Å². The highest BCUT2D eigenvalue weighted by Crippen LogP contribution is 2.38. The van der Waals surface area contributed by atoms with Gasteiger partial charge in [0.25, 0.3) is 0 Å². The van der Waals surface area contributed by atoms with Crippen LogP contribution in [0.2, 0.25) is 0 Å². The van der Waals surface area contributed by atoms with Gasteiger partial charge in [0, 0.05) is 28.2 Å². The molecule has 0 spiro atoms. The van der Waals surface area contributed by atoms with Gasteiger partial charge < -0.3 is 9.55 Å². The summed E-state index contributed by atoms with van der Waals surface area (Å²) < 4.78 is 2.17. The number of para-hydroxylation sites is 1. The van der Waals surface area contributed by atoms with Crippen LogP contribution in [-0.2, 0) is 0 Å². The smallest absolute Gasteiger partial charge is 0.191 e. The Labute approximate surface area is 138 Å². The van der Waals surface area contributed by atoms with E-state index in [9.17, 15) is 4.79 Å². The molecule has 6 heteroatoms. The first-order valence-electron chi connectivity index (χ1n) is 7.80. The second-order valence-electron chi connectivity index (χ2n) is 6.01. The monoisotopic (exact) mass is 326 g/mol. The number of nitrogens with zero attached hydrogens (tertiary/aromatic N) is 3. The zero-order valence-electron chi connectivity index (χ0n) is 13.2. The number of rotatable bonds is 5. The maximum absolute atomic E-state index is 12.7. The van der Waals surface area contributed by atoms with Gasteiger partial charge in [0.05, 0.1) is 5.75 Å². The topological polar surface area (TPSA) is 63.6 Å². The molecule has 23 heavy (non-hydrogen) atoms. The van der Waals surface area contributed by atoms with Crippen LogP contribution in [0.25, 0.3) is 10.9 Å². The van der Waals surface area contributed by atoms with Crippen molar-refractivity contribution < 1.29 is 4.79 Å². The molecule has 0 radical (unpaired) electrons. The van der Waals surface area contributed by atoms with E-state index >= 15 is 0 Å². The van der Waals surface area contributed by atoms with Gasteiger partial charge in [0.2, 0.25) is 0 Å². The Kier molecular flexibility index (Phi) is 3.49. The Bertz CT molecular complexity index is 891. The quantitative estimate of drug-likeness (QED) is 0.574. The Morgan fingerprint density at radius 1 is 1.30 bits per heavy atom. The molecule has 0 bridgehead atoms. The van der Waals surface area contributed by atoms with E-state index in [-0.39, 0.29) is 5.78 Å². The number of carbonyl (C=O) groups is 1. The number of carbonyl (C=O) groups excluding carboxylic acids is 1. The minimum Gasteiger partial charge on any atom is -0.358 e. The van der Waals surface area contributed by atoms with E-state index in [0.717, 1.165) is 33.1 Å². The molecule has 1 fully saturated rings. The van der Waals surface area contributed by atoms with Crippen LogP contribution in [0.1, 0.15) is 40.8 Å². The number of Topliss-reactive ketones (excluding diaryl/α,β-unsaturated/α-hetero) is 1. The van der Waals surface area contributed by atoms with E-state index in [2.05, 4.69) is 19.7 Å². The Hall–Kier alpha value is -2.08. The number of hydrogen-bond donors (Lipinski definition) is 1. The maximum atomic E-state index is 12.7. The second kappa shape index (κ2) is 5.53. The van der Waals surface area contributed by atoms with E-state index in [1.807, 2.05) is 38.1 Å². The second-order valence-corrected chi connectivity index (χ2v) is 6.96. The summed E-state index contributed by atoms with van der Waals surface area (Å²) in [5.74, 6) is 1.45. The lowest BCUT2D eigenvalue weighted by Crippen LogP contribution is -2.06. The third-order valence-corrected chi connectivity index (χ3v) is 5.19. The summed E-state index contributed by atoms with van der Waals surface area (Å²) in [5.41, 5.74) is 2.73. The van der Waals surface area contributed by atoms with Crippen molar-refractivity contribution >= 4 is 28.4 Å². The summed E-state index contributed by atoms with van der Waals surface area (Å²) in [6, 6.07) is 8.46. The Morgan fingerprint density at radius 2 is 2.09 bits per heavy atom. The van der Waals surface area contributed by atoms with Crippen LogP contribution in [0.5, 0.6) is 0 Å². The molecule has 0 unspecified atom stereocenters. The molecule has 0 aliphatic heterocycles. The van der Waals surface area contributed by atoms with Gasteiger partial charge in [-0.15, -0.1) is 10.2 Å². The van der Waals surface area contributed by atoms with Crippen molar-refractivity contribution in [1.82, 2.24) is 19.7 Å². The summed E-state index contributed by atoms with van der Waals surface area (Å²) in [6.45, 7) is 3.93. The molecule has 1 N–H and O–H groups in total. The first-order chi connectivity index (χ1) is 11.1. The highest BCUT2D eigenvalue weighted by molar-refractivity contribution is 7.99. The maximum Gasteiger partial charge on any atom is 0.191 e. The van der Waals surface area contributed by atoms with Crippen LogP contribution in [0.15, 0.2) is 29.4 Å². The minimum atomic E-state index is 0.132. The van der Waals surface area contributed by atoms with Crippen molar-refractivity contribution in [2.24, 2.45) is 0 Å². The molecule has 5 nitrogen and oxygen atoms in total. The van der Waals surface area contributed by atoms with Crippen molar-refractivity contribution in [1.29, 1.82) is 0 Å². The number of ketones is 1. The molecule has 3 aromatic rings. The highest BCUT2D eigenvalue weighted by atomic mass is 32.2. The summed E-state index contributed by atoms with van der Waals surface area (Å²) >= 11 is 1.49. The molecule has 1 aliphatic rings. The molecule has 118 valence electrons. The van der Waals surface area contributed by atoms with Gasteiger partial charge in [-0.25, -0.2) is 0 Å². The first-order valence-corrected chi connectivity index (χ1v) is 8.78. The fourth-order valence-electron chi connectivity index (χ4n) is 3.04. The molecule has 0 amide bonds. The molecule has 4 rings (SSSR count). The summed E-state index contributed by atoms with van der Waals surface area (Å²) in [4.78, 5) is 16.0. The normalized spacial score (nSPS) is 14.5. The molecule has 2 aromatic heterocycles. The van der Waals surface area contributed by atoms with E-state index < -0.39 is 0 Å². The predicted molar refractivity (Wildman–Crippen MR) is 91.1 cm³/mol. The fraction of sp³-hybridized carbons (Fsp3) is 0.353. The molecule has 1 aromatic carbocycles. The number of hydrogen-bond acceptors (Lipinski definition) is 4. The highest BCUT2D eigenvalue weighted by Gasteiger charge is 2.28. The molecular weight excluding hydrogens is 308 g/mol. The molecule has 2 heterocycles. The van der Waals surface area contributed by atoms with Crippen molar-refractivity contribution in [3.8, 4) is 0 Å². The standard InChI is InChI=1S/C17H18N4OS/c1-10-16(13-5-3-4-6-14(13)18-10)15(22)9-23-17-20-19-11(2)21(17)12-7-8-12/h3-6,12,18H,7-9H2,1-2H3. The van der Waals surface area contributed by atoms with Crippen LogP contribution in [0.3, 0.4) is 0 Å². The lowest BCUT2D eigenvalue weighted by atomic mass is 10.1. The number of aromatic amines is 1. The molecular formula is C17H18N4OS. The summed E-state index contributed by atoms with van der Waals surface area (Å²) in [7, 11) is 0. The number of fused-ring (bicyclic) bond motifs is 1. The third kappa shape index (κ3) is 2.57. The molecule has 0 saturated heterocycles. The number of aromatic nitrogens is 4. The molecule has 1 saturated carbocycles. The van der Waals surface area contributed by atoms with Crippen LogP contribution in [0, 0.1) is 13.8 Å². The van der Waals surface area contributed by atoms with Gasteiger partial charge in [-0.3, -0.25) is 4.79 Å². The summed E-state index contributed by atoms with van der Waals surface area (Å²) in [5, 5.41) is 10.2. The van der Waals surface area contributed by atoms with Crippen molar-refractivity contribution in [3.05, 3.63) is 41.3 Å². The van der Waals surface area contributed by atoms with Gasteiger partial charge in [-0.05, 0) is 32.8 Å². The lowest BCUT2D eigenvalue weighted by Gasteiger charge is -2.06. The average molecular weight is 326 g/mol. The number of H-pyrrole nitrogens is 1. The van der Waals surface area contributed by atoms with E-state index in [0.29, 0.717) is 11.8 Å². The van der Waals surface area contributed by atoms with Gasteiger partial charge >= 0.3 is 0 Å². The van der Waals surface area contributed by atoms with E-state index in [4.69, 9.17) is 0 Å². The number of benzene rings is 1. The fourth-order valence-corrected chi connectivity index (χ4v) is 3.96. The van der Waals surface area contributed by atoms with Crippen LogP contribution < -0.4 is 0 Å². The average Bonchev–Trinajstić information content (AvgIpc) is 3.21. The molecule has 1 aliphatic carbocycles. The van der Waals surface area contributed by atoms with Gasteiger partial charge in [-0.2, -0.15) is 0 Å². The van der Waals surface area contributed by atoms with Gasteiger partial charge in [-0.1, -0.05) is 30.0 Å². The van der Waals surface area contributed by atoms with Crippen molar-refractivity contribution in [2.45, 2.75) is 37.9 Å². The van der Waals surface area contributed by atoms with Gasteiger partial charge in [0.15, 0.2) is 10.9 Å². The Morgan fingerprint density at radius 3 is 2.87 bits per heavy atom. The van der Waals surface area contributed by atoms with Crippen LogP contribution in [0.4, 0.5) is 0 Å². The van der Waals surface area contributed by atoms with Crippen molar-refractivity contribution in [2.75, 3.05) is 5.75 Å². The first kappa shape index (κ1) is 14.5.